The van der Waals surface area contributed by atoms with E-state index in [2.05, 4.69) is 36.6 Å². The van der Waals surface area contributed by atoms with E-state index in [1.165, 1.54) is 5.56 Å². The minimum atomic E-state index is -0.0555. The Morgan fingerprint density at radius 2 is 1.88 bits per heavy atom. The third kappa shape index (κ3) is 6.59. The van der Waals surface area contributed by atoms with E-state index in [-0.39, 0.29) is 18.5 Å². The van der Waals surface area contributed by atoms with Crippen molar-refractivity contribution in [2.75, 3.05) is 18.5 Å². The van der Waals surface area contributed by atoms with E-state index in [9.17, 15) is 4.79 Å². The van der Waals surface area contributed by atoms with Gasteiger partial charge in [0.05, 0.1) is 13.2 Å². The number of amides is 1. The molecule has 0 spiro atoms. The topological polar surface area (TPSA) is 50.4 Å². The zero-order chi connectivity index (χ0) is 17.9. The molecule has 25 heavy (non-hydrogen) atoms. The van der Waals surface area contributed by atoms with Gasteiger partial charge in [0.2, 0.25) is 5.91 Å². The number of ether oxygens (including phenoxy) is 1. The molecule has 2 N–H and O–H groups in total. The lowest BCUT2D eigenvalue weighted by Gasteiger charge is -2.17. The minimum Gasteiger partial charge on any atom is -0.494 e. The normalized spacial score (nSPS) is 11.8. The van der Waals surface area contributed by atoms with Crippen LogP contribution < -0.4 is 15.4 Å². The maximum Gasteiger partial charge on any atom is 0.238 e. The van der Waals surface area contributed by atoms with Crippen LogP contribution in [0.5, 0.6) is 5.75 Å². The number of unbranched alkanes of at least 4 members (excludes halogenated alkanes) is 1. The highest BCUT2D eigenvalue weighted by molar-refractivity contribution is 5.92. The monoisotopic (exact) mass is 340 g/mol. The highest BCUT2D eigenvalue weighted by Gasteiger charge is 2.10. The van der Waals surface area contributed by atoms with Crippen molar-refractivity contribution in [3.05, 3.63) is 60.2 Å². The number of benzene rings is 2. The molecule has 0 radical (unpaired) electrons. The van der Waals surface area contributed by atoms with Crippen LogP contribution in [0.15, 0.2) is 54.6 Å². The number of carbonyl (C=O) groups is 1. The van der Waals surface area contributed by atoms with Gasteiger partial charge in [-0.15, -0.1) is 0 Å². The van der Waals surface area contributed by atoms with E-state index in [4.69, 9.17) is 4.74 Å². The molecule has 2 aromatic rings. The highest BCUT2D eigenvalue weighted by atomic mass is 16.5. The Morgan fingerprint density at radius 3 is 2.60 bits per heavy atom. The van der Waals surface area contributed by atoms with Crippen LogP contribution in [0.4, 0.5) is 5.69 Å². The predicted octanol–water partition coefficient (Wildman–Crippen LogP) is 4.54. The van der Waals surface area contributed by atoms with Crippen molar-refractivity contribution < 1.29 is 9.53 Å². The number of rotatable bonds is 10. The largest absolute Gasteiger partial charge is 0.494 e. The molecule has 4 nitrogen and oxygen atoms in total. The summed E-state index contributed by atoms with van der Waals surface area (Å²) in [7, 11) is 0. The first kappa shape index (κ1) is 19.0. The van der Waals surface area contributed by atoms with Crippen molar-refractivity contribution in [3.8, 4) is 5.75 Å². The van der Waals surface area contributed by atoms with Gasteiger partial charge in [-0.3, -0.25) is 4.79 Å². The standard InChI is InChI=1S/C21H28N2O2/c1-3-5-14-25-19-13-9-12-18(15-19)23-21(24)16-22-20(4-2)17-10-7-6-8-11-17/h6-13,15,20,22H,3-5,14,16H2,1-2H3,(H,23,24). The summed E-state index contributed by atoms with van der Waals surface area (Å²) >= 11 is 0. The fourth-order valence-electron chi connectivity index (χ4n) is 2.60. The molecular weight excluding hydrogens is 312 g/mol. The van der Waals surface area contributed by atoms with Crippen LogP contribution in [0.25, 0.3) is 0 Å². The van der Waals surface area contributed by atoms with Gasteiger partial charge in [0, 0.05) is 17.8 Å². The molecular formula is C21H28N2O2. The fourth-order valence-corrected chi connectivity index (χ4v) is 2.60. The third-order valence-corrected chi connectivity index (χ3v) is 4.00. The number of carbonyl (C=O) groups excluding carboxylic acids is 1. The molecule has 0 aromatic heterocycles. The second-order valence-corrected chi connectivity index (χ2v) is 6.03. The molecule has 0 aliphatic carbocycles. The van der Waals surface area contributed by atoms with Crippen LogP contribution in [0.1, 0.15) is 44.7 Å². The van der Waals surface area contributed by atoms with Gasteiger partial charge in [0.1, 0.15) is 5.75 Å². The Balaban J connectivity index is 1.84. The molecule has 0 saturated carbocycles. The molecule has 0 heterocycles. The Hall–Kier alpha value is -2.33. The first-order valence-electron chi connectivity index (χ1n) is 9.04. The summed E-state index contributed by atoms with van der Waals surface area (Å²) in [4.78, 5) is 12.2. The average Bonchev–Trinajstić information content (AvgIpc) is 2.64. The highest BCUT2D eigenvalue weighted by Crippen LogP contribution is 2.18. The van der Waals surface area contributed by atoms with Crippen molar-refractivity contribution in [1.29, 1.82) is 0 Å². The van der Waals surface area contributed by atoms with Gasteiger partial charge >= 0.3 is 0 Å². The second-order valence-electron chi connectivity index (χ2n) is 6.03. The number of anilines is 1. The van der Waals surface area contributed by atoms with Gasteiger partial charge in [-0.2, -0.15) is 0 Å². The van der Waals surface area contributed by atoms with E-state index >= 15 is 0 Å². The summed E-state index contributed by atoms with van der Waals surface area (Å²) < 4.78 is 5.68. The number of hydrogen-bond acceptors (Lipinski definition) is 3. The maximum atomic E-state index is 12.2. The first-order chi connectivity index (χ1) is 12.2. The van der Waals surface area contributed by atoms with Crippen molar-refractivity contribution in [1.82, 2.24) is 5.32 Å². The quantitative estimate of drug-likeness (QED) is 0.624. The van der Waals surface area contributed by atoms with Gasteiger partial charge in [-0.1, -0.05) is 56.7 Å². The Morgan fingerprint density at radius 1 is 1.08 bits per heavy atom. The van der Waals surface area contributed by atoms with Crippen LogP contribution in [0.3, 0.4) is 0 Å². The van der Waals surface area contributed by atoms with Crippen molar-refractivity contribution in [2.45, 2.75) is 39.2 Å². The smallest absolute Gasteiger partial charge is 0.238 e. The Labute approximate surface area is 150 Å². The van der Waals surface area contributed by atoms with Gasteiger partial charge in [0.25, 0.3) is 0 Å². The lowest BCUT2D eigenvalue weighted by Crippen LogP contribution is -2.31. The molecule has 2 aromatic carbocycles. The van der Waals surface area contributed by atoms with Crippen LogP contribution in [-0.4, -0.2) is 19.1 Å². The van der Waals surface area contributed by atoms with Crippen LogP contribution in [-0.2, 0) is 4.79 Å². The Bertz CT molecular complexity index is 643. The van der Waals surface area contributed by atoms with E-state index in [1.54, 1.807) is 0 Å². The van der Waals surface area contributed by atoms with Crippen LogP contribution in [0, 0.1) is 0 Å². The van der Waals surface area contributed by atoms with E-state index in [1.807, 2.05) is 42.5 Å². The molecule has 0 saturated heterocycles. The summed E-state index contributed by atoms with van der Waals surface area (Å²) in [6.45, 7) is 5.21. The van der Waals surface area contributed by atoms with E-state index < -0.39 is 0 Å². The summed E-state index contributed by atoms with van der Waals surface area (Å²) in [5.41, 5.74) is 1.96. The minimum absolute atomic E-state index is 0.0555. The molecule has 2 rings (SSSR count). The molecule has 0 aliphatic rings. The van der Waals surface area contributed by atoms with Crippen LogP contribution >= 0.6 is 0 Å². The van der Waals surface area contributed by atoms with E-state index in [0.717, 1.165) is 30.7 Å². The van der Waals surface area contributed by atoms with Crippen molar-refractivity contribution >= 4 is 11.6 Å². The second kappa shape index (κ2) is 10.5. The van der Waals surface area contributed by atoms with Crippen LogP contribution in [0.2, 0.25) is 0 Å². The summed E-state index contributed by atoms with van der Waals surface area (Å²) in [5, 5.41) is 6.24. The Kier molecular flexibility index (Phi) is 7.99. The molecule has 1 atom stereocenters. The maximum absolute atomic E-state index is 12.2. The number of nitrogens with one attached hydrogen (secondary N) is 2. The van der Waals surface area contributed by atoms with Gasteiger partial charge in [0.15, 0.2) is 0 Å². The average molecular weight is 340 g/mol. The first-order valence-corrected chi connectivity index (χ1v) is 9.04. The zero-order valence-corrected chi connectivity index (χ0v) is 15.1. The summed E-state index contributed by atoms with van der Waals surface area (Å²) in [6, 6.07) is 17.9. The van der Waals surface area contributed by atoms with Gasteiger partial charge in [-0.25, -0.2) is 0 Å². The van der Waals surface area contributed by atoms with Crippen molar-refractivity contribution in [2.24, 2.45) is 0 Å². The van der Waals surface area contributed by atoms with Crippen molar-refractivity contribution in [3.63, 3.8) is 0 Å². The lowest BCUT2D eigenvalue weighted by molar-refractivity contribution is -0.115. The molecule has 0 fully saturated rings. The van der Waals surface area contributed by atoms with E-state index in [0.29, 0.717) is 6.61 Å². The van der Waals surface area contributed by atoms with Gasteiger partial charge < -0.3 is 15.4 Å². The predicted molar refractivity (Wildman–Crippen MR) is 103 cm³/mol. The number of hydrogen-bond donors (Lipinski definition) is 2. The summed E-state index contributed by atoms with van der Waals surface area (Å²) in [5.74, 6) is 0.731. The van der Waals surface area contributed by atoms with Gasteiger partial charge in [-0.05, 0) is 30.5 Å². The SMILES string of the molecule is CCCCOc1cccc(NC(=O)CNC(CC)c2ccccc2)c1. The summed E-state index contributed by atoms with van der Waals surface area (Å²) in [6.07, 6.45) is 3.05. The third-order valence-electron chi connectivity index (χ3n) is 4.00. The molecule has 1 amide bonds. The lowest BCUT2D eigenvalue weighted by atomic mass is 10.0. The molecule has 0 aliphatic heterocycles. The molecule has 0 bridgehead atoms. The molecule has 4 heteroatoms. The zero-order valence-electron chi connectivity index (χ0n) is 15.1. The molecule has 1 unspecified atom stereocenters. The molecule has 134 valence electrons. The fraction of sp³-hybridized carbons (Fsp3) is 0.381.